The molecular weight excluding hydrogens is 250 g/mol. The quantitative estimate of drug-likeness (QED) is 0.898. The molecule has 0 saturated carbocycles. The first kappa shape index (κ1) is 11.5. The predicted molar refractivity (Wildman–Crippen MR) is 64.2 cm³/mol. The molecule has 1 N–H and O–H groups in total. The molecule has 1 aromatic carbocycles. The summed E-state index contributed by atoms with van der Waals surface area (Å²) in [5.41, 5.74) is 1.09. The third-order valence-electron chi connectivity index (χ3n) is 2.88. The van der Waals surface area contributed by atoms with Gasteiger partial charge in [0, 0.05) is 12.1 Å². The summed E-state index contributed by atoms with van der Waals surface area (Å²) in [5, 5.41) is 16.7. The van der Waals surface area contributed by atoms with Gasteiger partial charge >= 0.3 is 5.97 Å². The van der Waals surface area contributed by atoms with Crippen LogP contribution in [0.1, 0.15) is 17.4 Å². The highest BCUT2D eigenvalue weighted by Gasteiger charge is 2.22. The van der Waals surface area contributed by atoms with Crippen LogP contribution in [0, 0.1) is 0 Å². The summed E-state index contributed by atoms with van der Waals surface area (Å²) in [6.45, 7) is 2.58. The molecule has 19 heavy (non-hydrogen) atoms. The van der Waals surface area contributed by atoms with E-state index >= 15 is 0 Å². The number of fused-ring (bicyclic) bond motifs is 1. The number of benzene rings is 1. The van der Waals surface area contributed by atoms with Gasteiger partial charge in [0.2, 0.25) is 6.79 Å². The van der Waals surface area contributed by atoms with Gasteiger partial charge in [0.15, 0.2) is 17.2 Å². The standard InChI is InChI=1S/C12H11N3O4/c1-2-15-11(10(12(16)17)13-14-15)7-3-4-8-9(5-7)19-6-18-8/h3-5H,2,6H2,1H3,(H,16,17). The number of ether oxygens (including phenoxy) is 2. The van der Waals surface area contributed by atoms with Crippen LogP contribution in [-0.4, -0.2) is 32.9 Å². The van der Waals surface area contributed by atoms with Crippen molar-refractivity contribution in [3.05, 3.63) is 23.9 Å². The Hall–Kier alpha value is -2.57. The van der Waals surface area contributed by atoms with Crippen LogP contribution < -0.4 is 9.47 Å². The molecule has 0 radical (unpaired) electrons. The summed E-state index contributed by atoms with van der Waals surface area (Å²) >= 11 is 0. The van der Waals surface area contributed by atoms with Gasteiger partial charge in [-0.15, -0.1) is 5.10 Å². The van der Waals surface area contributed by atoms with Crippen molar-refractivity contribution in [2.45, 2.75) is 13.5 Å². The van der Waals surface area contributed by atoms with E-state index in [1.807, 2.05) is 6.92 Å². The van der Waals surface area contributed by atoms with E-state index in [1.54, 1.807) is 22.9 Å². The first-order chi connectivity index (χ1) is 9.20. The molecule has 1 aliphatic heterocycles. The zero-order valence-corrected chi connectivity index (χ0v) is 10.2. The van der Waals surface area contributed by atoms with Gasteiger partial charge in [-0.3, -0.25) is 0 Å². The summed E-state index contributed by atoms with van der Waals surface area (Å²) < 4.78 is 12.1. The highest BCUT2D eigenvalue weighted by molar-refractivity contribution is 5.92. The van der Waals surface area contributed by atoms with Crippen molar-refractivity contribution < 1.29 is 19.4 Å². The Labute approximate surface area is 108 Å². The Morgan fingerprint density at radius 2 is 2.21 bits per heavy atom. The fourth-order valence-corrected chi connectivity index (χ4v) is 2.01. The van der Waals surface area contributed by atoms with Crippen molar-refractivity contribution in [2.75, 3.05) is 6.79 Å². The Balaban J connectivity index is 2.15. The molecule has 2 aromatic rings. The Morgan fingerprint density at radius 3 is 2.95 bits per heavy atom. The molecule has 98 valence electrons. The van der Waals surface area contributed by atoms with Crippen molar-refractivity contribution in [1.29, 1.82) is 0 Å². The number of carboxylic acids is 1. The molecule has 3 rings (SSSR count). The molecule has 0 fully saturated rings. The topological polar surface area (TPSA) is 86.5 Å². The van der Waals surface area contributed by atoms with E-state index < -0.39 is 5.97 Å². The minimum atomic E-state index is -1.10. The van der Waals surface area contributed by atoms with Crippen molar-refractivity contribution in [1.82, 2.24) is 15.0 Å². The van der Waals surface area contributed by atoms with E-state index in [1.165, 1.54) is 0 Å². The lowest BCUT2D eigenvalue weighted by atomic mass is 10.1. The van der Waals surface area contributed by atoms with E-state index in [0.29, 0.717) is 29.3 Å². The van der Waals surface area contributed by atoms with Gasteiger partial charge in [-0.05, 0) is 25.1 Å². The average molecular weight is 261 g/mol. The lowest BCUT2D eigenvalue weighted by Crippen LogP contribution is -2.03. The number of hydrogen-bond acceptors (Lipinski definition) is 5. The van der Waals surface area contributed by atoms with Crippen LogP contribution in [0.4, 0.5) is 0 Å². The Bertz CT molecular complexity index is 650. The Kier molecular flexibility index (Phi) is 2.59. The number of aryl methyl sites for hydroxylation is 1. The van der Waals surface area contributed by atoms with Crippen LogP contribution in [0.3, 0.4) is 0 Å². The minimum Gasteiger partial charge on any atom is -0.476 e. The van der Waals surface area contributed by atoms with E-state index in [-0.39, 0.29) is 12.5 Å². The van der Waals surface area contributed by atoms with E-state index in [9.17, 15) is 4.79 Å². The maximum absolute atomic E-state index is 11.2. The molecule has 1 aromatic heterocycles. The number of aromatic carboxylic acids is 1. The first-order valence-corrected chi connectivity index (χ1v) is 5.77. The highest BCUT2D eigenvalue weighted by Crippen LogP contribution is 2.36. The van der Waals surface area contributed by atoms with Crippen molar-refractivity contribution in [3.63, 3.8) is 0 Å². The van der Waals surface area contributed by atoms with Gasteiger partial charge in [-0.2, -0.15) is 0 Å². The fraction of sp³-hybridized carbons (Fsp3) is 0.250. The van der Waals surface area contributed by atoms with Gasteiger partial charge in [0.1, 0.15) is 5.69 Å². The van der Waals surface area contributed by atoms with Crippen molar-refractivity contribution in [2.24, 2.45) is 0 Å². The summed E-state index contributed by atoms with van der Waals surface area (Å²) in [7, 11) is 0. The third-order valence-corrected chi connectivity index (χ3v) is 2.88. The predicted octanol–water partition coefficient (Wildman–Crippen LogP) is 1.39. The highest BCUT2D eigenvalue weighted by atomic mass is 16.7. The number of hydrogen-bond donors (Lipinski definition) is 1. The second-order valence-electron chi connectivity index (χ2n) is 3.98. The van der Waals surface area contributed by atoms with Crippen LogP contribution in [0.25, 0.3) is 11.3 Å². The monoisotopic (exact) mass is 261 g/mol. The minimum absolute atomic E-state index is 0.0688. The van der Waals surface area contributed by atoms with Crippen LogP contribution >= 0.6 is 0 Å². The van der Waals surface area contributed by atoms with E-state index in [4.69, 9.17) is 14.6 Å². The number of aromatic nitrogens is 3. The molecule has 0 amide bonds. The van der Waals surface area contributed by atoms with Crippen LogP contribution in [0.5, 0.6) is 11.5 Å². The molecule has 0 bridgehead atoms. The molecule has 0 saturated heterocycles. The van der Waals surface area contributed by atoms with Crippen molar-refractivity contribution in [3.8, 4) is 22.8 Å². The van der Waals surface area contributed by atoms with Crippen LogP contribution in [0.15, 0.2) is 18.2 Å². The molecule has 0 spiro atoms. The van der Waals surface area contributed by atoms with E-state index in [2.05, 4.69) is 10.3 Å². The third kappa shape index (κ3) is 1.79. The maximum Gasteiger partial charge on any atom is 0.358 e. The second kappa shape index (κ2) is 4.27. The number of nitrogens with zero attached hydrogens (tertiary/aromatic N) is 3. The molecule has 7 nitrogen and oxygen atoms in total. The molecule has 1 aliphatic rings. The lowest BCUT2D eigenvalue weighted by molar-refractivity contribution is 0.0691. The van der Waals surface area contributed by atoms with Gasteiger partial charge < -0.3 is 14.6 Å². The van der Waals surface area contributed by atoms with Gasteiger partial charge in [0.05, 0.1) is 0 Å². The van der Waals surface area contributed by atoms with Gasteiger partial charge in [-0.25, -0.2) is 9.48 Å². The number of rotatable bonds is 3. The SMILES string of the molecule is CCn1nnc(C(=O)O)c1-c1ccc2c(c1)OCO2. The number of carboxylic acid groups (broad SMARTS) is 1. The lowest BCUT2D eigenvalue weighted by Gasteiger charge is -2.05. The van der Waals surface area contributed by atoms with Crippen molar-refractivity contribution >= 4 is 5.97 Å². The summed E-state index contributed by atoms with van der Waals surface area (Å²) in [4.78, 5) is 11.2. The van der Waals surface area contributed by atoms with Crippen LogP contribution in [-0.2, 0) is 6.54 Å². The van der Waals surface area contributed by atoms with Crippen LogP contribution in [0.2, 0.25) is 0 Å². The fourth-order valence-electron chi connectivity index (χ4n) is 2.01. The number of carbonyl (C=O) groups is 1. The normalized spacial score (nSPS) is 12.7. The zero-order chi connectivity index (χ0) is 13.4. The average Bonchev–Trinajstić information content (AvgIpc) is 3.03. The molecular formula is C12H11N3O4. The molecule has 0 atom stereocenters. The molecule has 0 unspecified atom stereocenters. The maximum atomic E-state index is 11.2. The summed E-state index contributed by atoms with van der Waals surface area (Å²) in [6, 6.07) is 5.25. The molecule has 7 heteroatoms. The summed E-state index contributed by atoms with van der Waals surface area (Å²) in [6.07, 6.45) is 0. The van der Waals surface area contributed by atoms with Gasteiger partial charge in [-0.1, -0.05) is 5.21 Å². The molecule has 0 aliphatic carbocycles. The van der Waals surface area contributed by atoms with Gasteiger partial charge in [0.25, 0.3) is 0 Å². The largest absolute Gasteiger partial charge is 0.476 e. The zero-order valence-electron chi connectivity index (χ0n) is 10.2. The molecule has 2 heterocycles. The summed E-state index contributed by atoms with van der Waals surface area (Å²) in [5.74, 6) is 0.140. The smallest absolute Gasteiger partial charge is 0.358 e. The Morgan fingerprint density at radius 1 is 1.42 bits per heavy atom. The first-order valence-electron chi connectivity index (χ1n) is 5.77. The van der Waals surface area contributed by atoms with E-state index in [0.717, 1.165) is 0 Å². The second-order valence-corrected chi connectivity index (χ2v) is 3.98.